The van der Waals surface area contributed by atoms with Crippen LogP contribution < -0.4 is 15.0 Å². The average Bonchev–Trinajstić information content (AvgIpc) is 3.39. The van der Waals surface area contributed by atoms with E-state index in [2.05, 4.69) is 48.7 Å². The second-order valence-corrected chi connectivity index (χ2v) is 8.01. The highest BCUT2D eigenvalue weighted by Crippen LogP contribution is 2.29. The van der Waals surface area contributed by atoms with Crippen LogP contribution in [0, 0.1) is 5.92 Å². The predicted octanol–water partition coefficient (Wildman–Crippen LogP) is 3.45. The van der Waals surface area contributed by atoms with Crippen LogP contribution in [-0.2, 0) is 6.54 Å². The van der Waals surface area contributed by atoms with Crippen LogP contribution >= 0.6 is 35.3 Å². The number of ether oxygens (including phenoxy) is 1. The molecule has 8 heteroatoms. The number of thiophene rings is 1. The van der Waals surface area contributed by atoms with Crippen LogP contribution in [0.2, 0.25) is 0 Å². The Balaban J connectivity index is 0.00000225. The summed E-state index contributed by atoms with van der Waals surface area (Å²) in [6, 6.07) is 8.34. The minimum Gasteiger partial charge on any atom is -0.477 e. The molecule has 2 fully saturated rings. The minimum atomic E-state index is 0. The fourth-order valence-electron chi connectivity index (χ4n) is 3.19. The summed E-state index contributed by atoms with van der Waals surface area (Å²) in [5.74, 6) is 2.42. The van der Waals surface area contributed by atoms with Crippen molar-refractivity contribution in [1.82, 2.24) is 15.2 Å². The summed E-state index contributed by atoms with van der Waals surface area (Å²) < 4.78 is 5.70. The van der Waals surface area contributed by atoms with Gasteiger partial charge >= 0.3 is 0 Å². The molecule has 0 aromatic carbocycles. The second kappa shape index (κ2) is 10.3. The van der Waals surface area contributed by atoms with Gasteiger partial charge in [-0.3, -0.25) is 4.99 Å². The largest absolute Gasteiger partial charge is 0.477 e. The zero-order valence-corrected chi connectivity index (χ0v) is 19.4. The molecular weight excluding hydrogens is 485 g/mol. The monoisotopic (exact) mass is 513 g/mol. The smallest absolute Gasteiger partial charge is 0.213 e. The Hall–Kier alpha value is -1.55. The molecule has 1 N–H and O–H groups in total. The number of hydrogen-bond acceptors (Lipinski definition) is 5. The number of nitrogens with zero attached hydrogens (tertiary/aromatic N) is 4. The molecule has 1 aliphatic carbocycles. The van der Waals surface area contributed by atoms with Crippen LogP contribution in [0.5, 0.6) is 5.88 Å². The molecule has 28 heavy (non-hydrogen) atoms. The van der Waals surface area contributed by atoms with Crippen LogP contribution in [0.25, 0.3) is 0 Å². The fourth-order valence-corrected chi connectivity index (χ4v) is 3.98. The van der Waals surface area contributed by atoms with Crippen molar-refractivity contribution in [1.29, 1.82) is 0 Å². The Bertz CT molecular complexity index is 740. The summed E-state index contributed by atoms with van der Waals surface area (Å²) in [4.78, 5) is 13.6. The lowest BCUT2D eigenvalue weighted by Gasteiger charge is -2.37. The third-order valence-electron chi connectivity index (χ3n) is 5.02. The van der Waals surface area contributed by atoms with Crippen molar-refractivity contribution < 1.29 is 4.74 Å². The number of pyridine rings is 1. The first-order chi connectivity index (χ1) is 13.3. The molecule has 1 saturated carbocycles. The summed E-state index contributed by atoms with van der Waals surface area (Å²) in [5.41, 5.74) is 1.13. The zero-order valence-electron chi connectivity index (χ0n) is 16.2. The summed E-state index contributed by atoms with van der Waals surface area (Å²) in [5, 5.41) is 6.96. The number of guanidine groups is 1. The van der Waals surface area contributed by atoms with Gasteiger partial charge in [0, 0.05) is 52.0 Å². The van der Waals surface area contributed by atoms with E-state index in [1.54, 1.807) is 11.3 Å². The van der Waals surface area contributed by atoms with E-state index in [1.165, 1.54) is 17.8 Å². The van der Waals surface area contributed by atoms with Crippen molar-refractivity contribution >= 4 is 46.3 Å². The highest BCUT2D eigenvalue weighted by atomic mass is 127. The third kappa shape index (κ3) is 5.73. The van der Waals surface area contributed by atoms with Gasteiger partial charge in [0.05, 0.1) is 11.6 Å². The Kier molecular flexibility index (Phi) is 7.78. The van der Waals surface area contributed by atoms with Gasteiger partial charge in [-0.05, 0) is 41.8 Å². The first-order valence-corrected chi connectivity index (χ1v) is 10.5. The van der Waals surface area contributed by atoms with Gasteiger partial charge in [0.25, 0.3) is 0 Å². The van der Waals surface area contributed by atoms with E-state index in [4.69, 9.17) is 4.74 Å². The standard InChI is InChI=1S/C20H27N5OS.HI/c1-21-20(25-10-8-24(9-11-25)19-3-2-12-27-19)23-14-17-6-7-18(22-13-17)26-15-16-4-5-16;/h2-3,6-7,12-13,16H,4-5,8-11,14-15H2,1H3,(H,21,23);1H. The Morgan fingerprint density at radius 1 is 1.25 bits per heavy atom. The maximum absolute atomic E-state index is 5.70. The molecule has 0 radical (unpaired) electrons. The average molecular weight is 513 g/mol. The van der Waals surface area contributed by atoms with E-state index >= 15 is 0 Å². The van der Waals surface area contributed by atoms with Gasteiger partial charge in [0.15, 0.2) is 5.96 Å². The molecule has 1 saturated heterocycles. The van der Waals surface area contributed by atoms with Gasteiger partial charge in [-0.2, -0.15) is 0 Å². The second-order valence-electron chi connectivity index (χ2n) is 7.09. The van der Waals surface area contributed by atoms with Crippen molar-refractivity contribution in [3.05, 3.63) is 41.4 Å². The third-order valence-corrected chi connectivity index (χ3v) is 5.95. The van der Waals surface area contributed by atoms with Gasteiger partial charge in [-0.15, -0.1) is 35.3 Å². The minimum absolute atomic E-state index is 0. The van der Waals surface area contributed by atoms with Crippen molar-refractivity contribution in [2.24, 2.45) is 10.9 Å². The van der Waals surface area contributed by atoms with E-state index in [-0.39, 0.29) is 24.0 Å². The van der Waals surface area contributed by atoms with Gasteiger partial charge < -0.3 is 19.9 Å². The van der Waals surface area contributed by atoms with Gasteiger partial charge in [0.1, 0.15) is 0 Å². The van der Waals surface area contributed by atoms with Crippen LogP contribution in [0.4, 0.5) is 5.00 Å². The summed E-state index contributed by atoms with van der Waals surface area (Å²) in [7, 11) is 1.85. The molecular formula is C20H28IN5OS. The number of piperazine rings is 1. The normalized spacial score (nSPS) is 17.2. The fraction of sp³-hybridized carbons (Fsp3) is 0.500. The molecule has 2 aromatic heterocycles. The Morgan fingerprint density at radius 2 is 2.07 bits per heavy atom. The molecule has 0 spiro atoms. The molecule has 0 unspecified atom stereocenters. The number of aliphatic imine (C=N–C) groups is 1. The highest BCUT2D eigenvalue weighted by molar-refractivity contribution is 14.0. The summed E-state index contributed by atoms with van der Waals surface area (Å²) >= 11 is 1.81. The van der Waals surface area contributed by atoms with Crippen LogP contribution in [0.3, 0.4) is 0 Å². The first kappa shape index (κ1) is 21.2. The van der Waals surface area contributed by atoms with Crippen molar-refractivity contribution in [2.75, 3.05) is 44.7 Å². The highest BCUT2D eigenvalue weighted by Gasteiger charge is 2.22. The Morgan fingerprint density at radius 3 is 2.68 bits per heavy atom. The molecule has 152 valence electrons. The molecule has 3 heterocycles. The van der Waals surface area contributed by atoms with Crippen molar-refractivity contribution in [2.45, 2.75) is 19.4 Å². The molecule has 2 aliphatic rings. The molecule has 0 bridgehead atoms. The van der Waals surface area contributed by atoms with Gasteiger partial charge in [-0.1, -0.05) is 6.07 Å². The van der Waals surface area contributed by atoms with Gasteiger partial charge in [0.2, 0.25) is 5.88 Å². The van der Waals surface area contributed by atoms with Crippen molar-refractivity contribution in [3.63, 3.8) is 0 Å². The van der Waals surface area contributed by atoms with Crippen LogP contribution in [0.15, 0.2) is 40.8 Å². The maximum atomic E-state index is 5.70. The molecule has 1 aliphatic heterocycles. The first-order valence-electron chi connectivity index (χ1n) is 9.63. The van der Waals surface area contributed by atoms with Crippen LogP contribution in [-0.4, -0.2) is 55.7 Å². The molecule has 0 atom stereocenters. The number of nitrogens with one attached hydrogen (secondary N) is 1. The number of anilines is 1. The van der Waals surface area contributed by atoms with Crippen LogP contribution in [0.1, 0.15) is 18.4 Å². The molecule has 0 amide bonds. The lowest BCUT2D eigenvalue weighted by Crippen LogP contribution is -2.52. The molecule has 4 rings (SSSR count). The predicted molar refractivity (Wildman–Crippen MR) is 126 cm³/mol. The van der Waals surface area contributed by atoms with E-state index in [0.717, 1.165) is 56.1 Å². The van der Waals surface area contributed by atoms with E-state index in [1.807, 2.05) is 19.3 Å². The van der Waals surface area contributed by atoms with E-state index in [9.17, 15) is 0 Å². The SMILES string of the molecule is CN=C(NCc1ccc(OCC2CC2)nc1)N1CCN(c2cccs2)CC1.I. The number of aromatic nitrogens is 1. The topological polar surface area (TPSA) is 53.0 Å². The molecule has 6 nitrogen and oxygen atoms in total. The number of halogens is 1. The molecule has 2 aromatic rings. The van der Waals surface area contributed by atoms with E-state index < -0.39 is 0 Å². The summed E-state index contributed by atoms with van der Waals surface area (Å²) in [6.45, 7) is 5.52. The van der Waals surface area contributed by atoms with E-state index in [0.29, 0.717) is 6.54 Å². The number of hydrogen-bond donors (Lipinski definition) is 1. The Labute approximate surface area is 188 Å². The lowest BCUT2D eigenvalue weighted by atomic mass is 10.3. The number of rotatable bonds is 6. The van der Waals surface area contributed by atoms with Crippen molar-refractivity contribution in [3.8, 4) is 5.88 Å². The maximum Gasteiger partial charge on any atom is 0.213 e. The van der Waals surface area contributed by atoms with Gasteiger partial charge in [-0.25, -0.2) is 4.98 Å². The summed E-state index contributed by atoms with van der Waals surface area (Å²) in [6.07, 6.45) is 4.47. The quantitative estimate of drug-likeness (QED) is 0.365. The zero-order chi connectivity index (χ0) is 18.5. The lowest BCUT2D eigenvalue weighted by molar-refractivity contribution is 0.288.